The normalized spacial score (nSPS) is 16.3. The number of nitrogens with zero attached hydrogens (tertiary/aromatic N) is 5. The number of nitrogens with one attached hydrogen (secondary N) is 1. The van der Waals surface area contributed by atoms with Crippen molar-refractivity contribution in [3.63, 3.8) is 0 Å². The predicted molar refractivity (Wildman–Crippen MR) is 102 cm³/mol. The molecule has 1 unspecified atom stereocenters. The zero-order chi connectivity index (χ0) is 18.2. The summed E-state index contributed by atoms with van der Waals surface area (Å²) in [6, 6.07) is 0.210. The molecule has 1 aromatic rings. The van der Waals surface area contributed by atoms with Crippen LogP contribution in [-0.4, -0.2) is 79.5 Å². The van der Waals surface area contributed by atoms with Gasteiger partial charge in [0.25, 0.3) is 0 Å². The molecular formula is C18H34N6O. The Morgan fingerprint density at radius 2 is 2.20 bits per heavy atom. The van der Waals surface area contributed by atoms with Crippen LogP contribution < -0.4 is 5.32 Å². The van der Waals surface area contributed by atoms with E-state index in [0.29, 0.717) is 6.54 Å². The molecule has 0 saturated heterocycles. The summed E-state index contributed by atoms with van der Waals surface area (Å²) >= 11 is 0. The molecule has 0 bridgehead atoms. The summed E-state index contributed by atoms with van der Waals surface area (Å²) in [6.45, 7) is 6.14. The van der Waals surface area contributed by atoms with Gasteiger partial charge in [-0.1, -0.05) is 0 Å². The molecule has 1 fully saturated rings. The monoisotopic (exact) mass is 350 g/mol. The Labute approximate surface area is 152 Å². The van der Waals surface area contributed by atoms with Crippen LogP contribution in [0.2, 0.25) is 0 Å². The van der Waals surface area contributed by atoms with Gasteiger partial charge in [0.05, 0.1) is 25.4 Å². The minimum Gasteiger partial charge on any atom is -0.379 e. The molecule has 0 aliphatic heterocycles. The lowest BCUT2D eigenvalue weighted by molar-refractivity contribution is 0.115. The van der Waals surface area contributed by atoms with E-state index in [-0.39, 0.29) is 6.04 Å². The maximum absolute atomic E-state index is 5.75. The van der Waals surface area contributed by atoms with Crippen LogP contribution >= 0.6 is 0 Å². The molecule has 7 heteroatoms. The molecule has 1 aliphatic rings. The standard InChI is InChI=1S/C18H34N6O/c1-6-19-18(23(4)9-10-25-14-15-7-8-15)20-12-17(22(2)3)16-11-21-24(5)13-16/h11,13,15,17H,6-10,12,14H2,1-5H3,(H,19,20). The maximum atomic E-state index is 5.75. The summed E-state index contributed by atoms with van der Waals surface area (Å²) in [5, 5.41) is 7.66. The molecule has 0 spiro atoms. The van der Waals surface area contributed by atoms with Crippen LogP contribution in [0.4, 0.5) is 0 Å². The SMILES string of the molecule is CCNC(=NCC(c1cnn(C)c1)N(C)C)N(C)CCOCC1CC1. The van der Waals surface area contributed by atoms with Gasteiger partial charge in [0.15, 0.2) is 5.96 Å². The number of guanidine groups is 1. The smallest absolute Gasteiger partial charge is 0.193 e. The van der Waals surface area contributed by atoms with Crippen LogP contribution in [-0.2, 0) is 11.8 Å². The van der Waals surface area contributed by atoms with Crippen molar-refractivity contribution in [3.8, 4) is 0 Å². The minimum absolute atomic E-state index is 0.210. The summed E-state index contributed by atoms with van der Waals surface area (Å²) in [4.78, 5) is 9.17. The molecule has 1 heterocycles. The summed E-state index contributed by atoms with van der Waals surface area (Å²) in [6.07, 6.45) is 6.64. The lowest BCUT2D eigenvalue weighted by Gasteiger charge is -2.25. The largest absolute Gasteiger partial charge is 0.379 e. The Bertz CT molecular complexity index is 537. The molecule has 1 aromatic heterocycles. The number of hydrogen-bond donors (Lipinski definition) is 1. The minimum atomic E-state index is 0.210. The van der Waals surface area contributed by atoms with Crippen LogP contribution in [0, 0.1) is 5.92 Å². The third kappa shape index (κ3) is 6.66. The van der Waals surface area contributed by atoms with E-state index in [1.807, 2.05) is 17.9 Å². The van der Waals surface area contributed by atoms with Crippen LogP contribution in [0.15, 0.2) is 17.4 Å². The highest BCUT2D eigenvalue weighted by molar-refractivity contribution is 5.79. The van der Waals surface area contributed by atoms with Crippen molar-refractivity contribution < 1.29 is 4.74 Å². The Hall–Kier alpha value is -1.60. The van der Waals surface area contributed by atoms with Gasteiger partial charge in [0.1, 0.15) is 0 Å². The van der Waals surface area contributed by atoms with E-state index < -0.39 is 0 Å². The van der Waals surface area contributed by atoms with Crippen LogP contribution in [0.5, 0.6) is 0 Å². The zero-order valence-corrected chi connectivity index (χ0v) is 16.4. The number of ether oxygens (including phenoxy) is 1. The fourth-order valence-corrected chi connectivity index (χ4v) is 2.66. The fraction of sp³-hybridized carbons (Fsp3) is 0.778. The van der Waals surface area contributed by atoms with Crippen molar-refractivity contribution in [3.05, 3.63) is 18.0 Å². The van der Waals surface area contributed by atoms with Crippen molar-refractivity contribution in [2.24, 2.45) is 18.0 Å². The molecule has 1 aliphatic carbocycles. The highest BCUT2D eigenvalue weighted by atomic mass is 16.5. The first-order valence-electron chi connectivity index (χ1n) is 9.23. The van der Waals surface area contributed by atoms with Gasteiger partial charge in [-0.3, -0.25) is 9.67 Å². The van der Waals surface area contributed by atoms with Crippen molar-refractivity contribution in [2.75, 3.05) is 54.0 Å². The second kappa shape index (κ2) is 9.77. The van der Waals surface area contributed by atoms with Gasteiger partial charge >= 0.3 is 0 Å². The first kappa shape index (κ1) is 19.7. The van der Waals surface area contributed by atoms with Gasteiger partial charge in [-0.2, -0.15) is 5.10 Å². The highest BCUT2D eigenvalue weighted by Crippen LogP contribution is 2.28. The Morgan fingerprint density at radius 1 is 1.44 bits per heavy atom. The van der Waals surface area contributed by atoms with Crippen LogP contribution in [0.25, 0.3) is 0 Å². The zero-order valence-electron chi connectivity index (χ0n) is 16.4. The average molecular weight is 351 g/mol. The van der Waals surface area contributed by atoms with E-state index in [4.69, 9.17) is 9.73 Å². The molecule has 142 valence electrons. The lowest BCUT2D eigenvalue weighted by atomic mass is 10.1. The third-order valence-corrected chi connectivity index (χ3v) is 4.46. The summed E-state index contributed by atoms with van der Waals surface area (Å²) in [5.41, 5.74) is 1.18. The lowest BCUT2D eigenvalue weighted by Crippen LogP contribution is -2.41. The number of aromatic nitrogens is 2. The van der Waals surface area contributed by atoms with E-state index in [1.54, 1.807) is 0 Å². The number of aryl methyl sites for hydroxylation is 1. The van der Waals surface area contributed by atoms with Crippen molar-refractivity contribution >= 4 is 5.96 Å². The predicted octanol–water partition coefficient (Wildman–Crippen LogP) is 1.35. The molecule has 1 saturated carbocycles. The Morgan fingerprint density at radius 3 is 2.76 bits per heavy atom. The molecule has 7 nitrogen and oxygen atoms in total. The van der Waals surface area contributed by atoms with E-state index in [9.17, 15) is 0 Å². The van der Waals surface area contributed by atoms with Gasteiger partial charge in [0, 0.05) is 45.6 Å². The molecule has 0 amide bonds. The molecule has 2 rings (SSSR count). The maximum Gasteiger partial charge on any atom is 0.193 e. The molecule has 1 atom stereocenters. The van der Waals surface area contributed by atoms with Crippen LogP contribution in [0.1, 0.15) is 31.4 Å². The Balaban J connectivity index is 1.90. The van der Waals surface area contributed by atoms with Crippen molar-refractivity contribution in [1.29, 1.82) is 0 Å². The van der Waals surface area contributed by atoms with Gasteiger partial charge < -0.3 is 19.9 Å². The van der Waals surface area contributed by atoms with Gasteiger partial charge in [-0.15, -0.1) is 0 Å². The van der Waals surface area contributed by atoms with Crippen molar-refractivity contribution in [1.82, 2.24) is 24.9 Å². The van der Waals surface area contributed by atoms with E-state index in [1.165, 1.54) is 18.4 Å². The van der Waals surface area contributed by atoms with E-state index in [2.05, 4.69) is 54.5 Å². The summed E-state index contributed by atoms with van der Waals surface area (Å²) in [7, 11) is 8.17. The molecule has 0 radical (unpaired) electrons. The Kier molecular flexibility index (Phi) is 7.71. The van der Waals surface area contributed by atoms with Gasteiger partial charge in [-0.05, 0) is 39.8 Å². The summed E-state index contributed by atoms with van der Waals surface area (Å²) in [5.74, 6) is 1.74. The number of likely N-dealkylation sites (N-methyl/N-ethyl adjacent to an activating group) is 2. The quantitative estimate of drug-likeness (QED) is 0.392. The highest BCUT2D eigenvalue weighted by Gasteiger charge is 2.21. The summed E-state index contributed by atoms with van der Waals surface area (Å²) < 4.78 is 7.59. The van der Waals surface area contributed by atoms with E-state index >= 15 is 0 Å². The van der Waals surface area contributed by atoms with Crippen LogP contribution in [0.3, 0.4) is 0 Å². The molecular weight excluding hydrogens is 316 g/mol. The molecule has 0 aromatic carbocycles. The number of hydrogen-bond acceptors (Lipinski definition) is 4. The van der Waals surface area contributed by atoms with E-state index in [0.717, 1.165) is 38.2 Å². The van der Waals surface area contributed by atoms with Gasteiger partial charge in [0.2, 0.25) is 0 Å². The topological polar surface area (TPSA) is 57.9 Å². The first-order chi connectivity index (χ1) is 12.0. The fourth-order valence-electron chi connectivity index (χ4n) is 2.66. The average Bonchev–Trinajstić information content (AvgIpc) is 3.30. The first-order valence-corrected chi connectivity index (χ1v) is 9.23. The second-order valence-electron chi connectivity index (χ2n) is 7.06. The number of aliphatic imine (C=N–C) groups is 1. The molecule has 25 heavy (non-hydrogen) atoms. The third-order valence-electron chi connectivity index (χ3n) is 4.46. The van der Waals surface area contributed by atoms with Gasteiger partial charge in [-0.25, -0.2) is 0 Å². The number of rotatable bonds is 10. The second-order valence-corrected chi connectivity index (χ2v) is 7.06. The van der Waals surface area contributed by atoms with Crippen molar-refractivity contribution in [2.45, 2.75) is 25.8 Å². The molecule has 1 N–H and O–H groups in total.